The molecule has 198 valence electrons. The third-order valence-electron chi connectivity index (χ3n) is 6.44. The van der Waals surface area contributed by atoms with E-state index in [0.29, 0.717) is 6.79 Å². The number of fused-ring (bicyclic) bond motifs is 5. The number of aryl methyl sites for hydroxylation is 2. The maximum atomic E-state index is 12.6. The molecule has 2 aliphatic heterocycles. The molecule has 0 saturated heterocycles. The minimum atomic E-state index is -2.18. The molecular weight excluding hydrogens is 533 g/mol. The average molecular weight is 553 g/mol. The maximum Gasteiger partial charge on any atom is 0.231 e. The smallest absolute Gasteiger partial charge is 0.231 e. The summed E-state index contributed by atoms with van der Waals surface area (Å²) < 4.78 is 86.7. The second kappa shape index (κ2) is 10.2. The second-order valence-corrected chi connectivity index (χ2v) is 8.72. The number of hydrogen-bond donors (Lipinski definition) is 0. The number of pyridine rings is 1. The maximum absolute atomic E-state index is 12.6. The molecule has 0 saturated carbocycles. The van der Waals surface area contributed by atoms with Gasteiger partial charge in [0.1, 0.15) is 0 Å². The Morgan fingerprint density at radius 2 is 1.53 bits per heavy atom. The van der Waals surface area contributed by atoms with E-state index in [9.17, 15) is 22.0 Å². The van der Waals surface area contributed by atoms with Gasteiger partial charge in [-0.15, -0.1) is 11.6 Å². The van der Waals surface area contributed by atoms with Crippen LogP contribution in [0.25, 0.3) is 22.0 Å². The summed E-state index contributed by atoms with van der Waals surface area (Å²) in [7, 11) is 3.34. The fraction of sp³-hybridized carbons (Fsp3) is 0.222. The van der Waals surface area contributed by atoms with E-state index >= 15 is 0 Å². The van der Waals surface area contributed by atoms with E-state index in [1.165, 1.54) is 16.8 Å². The minimum absolute atomic E-state index is 0.299. The van der Waals surface area contributed by atoms with Crippen LogP contribution >= 0.6 is 11.6 Å². The molecule has 4 aromatic rings. The number of methoxy groups -OCH3 is 2. The summed E-state index contributed by atoms with van der Waals surface area (Å²) in [6.07, 6.45) is 3.11. The predicted molar refractivity (Wildman–Crippen MR) is 128 cm³/mol. The van der Waals surface area contributed by atoms with Gasteiger partial charge in [0.05, 0.1) is 31.0 Å². The molecule has 11 heteroatoms. The van der Waals surface area contributed by atoms with Crippen molar-refractivity contribution in [3.05, 3.63) is 76.7 Å². The largest absolute Gasteiger partial charge is 0.493 e. The van der Waals surface area contributed by atoms with Gasteiger partial charge >= 0.3 is 0 Å². The van der Waals surface area contributed by atoms with Crippen LogP contribution < -0.4 is 23.5 Å². The van der Waals surface area contributed by atoms with Gasteiger partial charge in [-0.2, -0.15) is 4.57 Å². The molecule has 6 rings (SSSR count). The molecular formula is C27H20ClF5NO4+. The molecule has 0 atom stereocenters. The lowest BCUT2D eigenvalue weighted by molar-refractivity contribution is -0.686. The SMILES string of the molecule is COc1ccc2cc3[n+](cc2c1OC)CCc1cc2c(cc1-3)OCO2.Fc1c(F)c(F)c(CCl)c(F)c1F. The Morgan fingerprint density at radius 1 is 0.868 bits per heavy atom. The number of ether oxygens (including phenoxy) is 4. The Bertz CT molecular complexity index is 1550. The summed E-state index contributed by atoms with van der Waals surface area (Å²) in [5, 5.41) is 2.17. The van der Waals surface area contributed by atoms with E-state index < -0.39 is 40.5 Å². The Balaban J connectivity index is 0.000000193. The van der Waals surface area contributed by atoms with E-state index in [-0.39, 0.29) is 0 Å². The number of halogens is 6. The lowest BCUT2D eigenvalue weighted by Crippen LogP contribution is -2.40. The molecule has 0 N–H and O–H groups in total. The van der Waals surface area contributed by atoms with Gasteiger partial charge in [-0.3, -0.25) is 0 Å². The zero-order chi connectivity index (χ0) is 27.1. The topological polar surface area (TPSA) is 40.8 Å². The van der Waals surface area contributed by atoms with Crippen molar-refractivity contribution in [3.63, 3.8) is 0 Å². The molecule has 3 aromatic carbocycles. The Labute approximate surface area is 218 Å². The van der Waals surface area contributed by atoms with E-state index in [0.717, 1.165) is 46.7 Å². The first-order valence-corrected chi connectivity index (χ1v) is 11.9. The molecule has 0 unspecified atom stereocenters. The quantitative estimate of drug-likeness (QED) is 0.0995. The van der Waals surface area contributed by atoms with Crippen molar-refractivity contribution >= 4 is 22.4 Å². The van der Waals surface area contributed by atoms with Crippen molar-refractivity contribution in [2.75, 3.05) is 21.0 Å². The standard InChI is InChI=1S/C20H18NO4.C7H2ClF5/c1-22-17-4-3-12-7-16-14-9-19-18(24-11-25-19)8-13(14)5-6-21(16)10-15(12)20(17)23-2;8-1-2-3(9)5(11)7(13)6(12)4(2)10/h3-4,7-10H,5-6,11H2,1-2H3;1H2/q+1;. The second-order valence-electron chi connectivity index (χ2n) is 8.45. The highest BCUT2D eigenvalue weighted by Gasteiger charge is 2.29. The van der Waals surface area contributed by atoms with Gasteiger partial charge in [0.15, 0.2) is 59.0 Å². The fourth-order valence-corrected chi connectivity index (χ4v) is 4.77. The van der Waals surface area contributed by atoms with Crippen LogP contribution in [0.15, 0.2) is 36.5 Å². The van der Waals surface area contributed by atoms with Gasteiger partial charge in [-0.25, -0.2) is 22.0 Å². The molecule has 0 aliphatic carbocycles. The highest BCUT2D eigenvalue weighted by Crippen LogP contribution is 2.41. The highest BCUT2D eigenvalue weighted by molar-refractivity contribution is 6.17. The van der Waals surface area contributed by atoms with Gasteiger partial charge in [0, 0.05) is 18.1 Å². The lowest BCUT2D eigenvalue weighted by Gasteiger charge is -2.17. The summed E-state index contributed by atoms with van der Waals surface area (Å²) >= 11 is 5.00. The zero-order valence-electron chi connectivity index (χ0n) is 20.1. The Morgan fingerprint density at radius 3 is 2.16 bits per heavy atom. The molecule has 0 spiro atoms. The van der Waals surface area contributed by atoms with E-state index in [2.05, 4.69) is 35.0 Å². The average Bonchev–Trinajstić information content (AvgIpc) is 3.40. The van der Waals surface area contributed by atoms with Gasteiger partial charge < -0.3 is 18.9 Å². The lowest BCUT2D eigenvalue weighted by atomic mass is 9.95. The predicted octanol–water partition coefficient (Wildman–Crippen LogP) is 6.22. The van der Waals surface area contributed by atoms with Crippen LogP contribution in [-0.4, -0.2) is 21.0 Å². The molecule has 0 amide bonds. The van der Waals surface area contributed by atoms with Crippen molar-refractivity contribution in [1.29, 1.82) is 0 Å². The van der Waals surface area contributed by atoms with Gasteiger partial charge in [0.25, 0.3) is 0 Å². The van der Waals surface area contributed by atoms with Crippen LogP contribution in [0.2, 0.25) is 0 Å². The van der Waals surface area contributed by atoms with Crippen LogP contribution in [-0.2, 0) is 18.8 Å². The molecule has 0 bridgehead atoms. The Kier molecular flexibility index (Phi) is 6.92. The van der Waals surface area contributed by atoms with Gasteiger partial charge in [-0.05, 0) is 35.2 Å². The summed E-state index contributed by atoms with van der Waals surface area (Å²) in [6, 6.07) is 10.4. The van der Waals surface area contributed by atoms with Gasteiger partial charge in [-0.1, -0.05) is 0 Å². The molecule has 1 aromatic heterocycles. The molecule has 2 aliphatic rings. The molecule has 5 nitrogen and oxygen atoms in total. The number of alkyl halides is 1. The van der Waals surface area contributed by atoms with Crippen molar-refractivity contribution < 1.29 is 45.5 Å². The summed E-state index contributed by atoms with van der Waals surface area (Å²) in [6.45, 7) is 1.21. The van der Waals surface area contributed by atoms with Crippen molar-refractivity contribution in [1.82, 2.24) is 0 Å². The van der Waals surface area contributed by atoms with Crippen LogP contribution in [0.5, 0.6) is 23.0 Å². The van der Waals surface area contributed by atoms with Crippen LogP contribution in [0, 0.1) is 29.1 Å². The molecule has 38 heavy (non-hydrogen) atoms. The van der Waals surface area contributed by atoms with Gasteiger partial charge in [0.2, 0.25) is 18.3 Å². The third kappa shape index (κ3) is 4.22. The normalized spacial score (nSPS) is 12.9. The number of aromatic nitrogens is 1. The van der Waals surface area contributed by atoms with Crippen LogP contribution in [0.4, 0.5) is 22.0 Å². The number of hydrogen-bond acceptors (Lipinski definition) is 4. The zero-order valence-corrected chi connectivity index (χ0v) is 20.9. The number of benzene rings is 3. The monoisotopic (exact) mass is 552 g/mol. The number of rotatable bonds is 3. The van der Waals surface area contributed by atoms with E-state index in [1.807, 2.05) is 6.07 Å². The number of nitrogens with zero attached hydrogens (tertiary/aromatic N) is 1. The summed E-state index contributed by atoms with van der Waals surface area (Å²) in [5.74, 6) is -7.49. The fourth-order valence-electron chi connectivity index (χ4n) is 4.54. The minimum Gasteiger partial charge on any atom is -0.493 e. The van der Waals surface area contributed by atoms with Crippen LogP contribution in [0.1, 0.15) is 11.1 Å². The first kappa shape index (κ1) is 25.8. The van der Waals surface area contributed by atoms with E-state index in [4.69, 9.17) is 30.5 Å². The first-order chi connectivity index (χ1) is 18.3. The van der Waals surface area contributed by atoms with E-state index in [1.54, 1.807) is 14.2 Å². The first-order valence-electron chi connectivity index (χ1n) is 11.4. The third-order valence-corrected chi connectivity index (χ3v) is 6.70. The molecule has 0 fully saturated rings. The molecule has 3 heterocycles. The van der Waals surface area contributed by atoms with Crippen molar-refractivity contribution in [2.45, 2.75) is 18.8 Å². The van der Waals surface area contributed by atoms with Crippen molar-refractivity contribution in [3.8, 4) is 34.3 Å². The van der Waals surface area contributed by atoms with Crippen molar-refractivity contribution in [2.24, 2.45) is 0 Å². The highest BCUT2D eigenvalue weighted by atomic mass is 35.5. The molecule has 0 radical (unpaired) electrons. The Hall–Kier alpha value is -3.79. The summed E-state index contributed by atoms with van der Waals surface area (Å²) in [5.41, 5.74) is 2.66. The summed E-state index contributed by atoms with van der Waals surface area (Å²) in [4.78, 5) is 0. The van der Waals surface area contributed by atoms with Crippen LogP contribution in [0.3, 0.4) is 0 Å².